The third-order valence-electron chi connectivity index (χ3n) is 9.71. The first kappa shape index (κ1) is 36.1. The molecular weight excluding hydrogens is 654 g/mol. The summed E-state index contributed by atoms with van der Waals surface area (Å²) in [6.45, 7) is 8.43. The van der Waals surface area contributed by atoms with Crippen molar-refractivity contribution < 1.29 is 9.21 Å². The molecule has 0 saturated carbocycles. The summed E-state index contributed by atoms with van der Waals surface area (Å²) in [5, 5.41) is 20.2. The molecule has 1 saturated heterocycles. The first-order valence-electron chi connectivity index (χ1n) is 17.8. The Kier molecular flexibility index (Phi) is 12.4. The monoisotopic (exact) mass is 699 g/mol. The lowest BCUT2D eigenvalue weighted by Gasteiger charge is -2.33. The highest BCUT2D eigenvalue weighted by molar-refractivity contribution is 6.34. The van der Waals surface area contributed by atoms with Crippen molar-refractivity contribution in [3.05, 3.63) is 153 Å². The van der Waals surface area contributed by atoms with Gasteiger partial charge in [0.1, 0.15) is 11.5 Å². The second-order valence-corrected chi connectivity index (χ2v) is 14.0. The lowest BCUT2D eigenvalue weighted by atomic mass is 10.0. The van der Waals surface area contributed by atoms with Crippen LogP contribution in [0.1, 0.15) is 69.7 Å². The fraction of sp³-hybridized carbons (Fsp3) is 0.302. The van der Waals surface area contributed by atoms with Gasteiger partial charge in [0, 0.05) is 36.8 Å². The molecule has 0 spiro atoms. The van der Waals surface area contributed by atoms with E-state index < -0.39 is 0 Å². The van der Waals surface area contributed by atoms with Crippen molar-refractivity contribution in [1.82, 2.24) is 20.9 Å². The average Bonchev–Trinajstić information content (AvgIpc) is 3.64. The van der Waals surface area contributed by atoms with Crippen molar-refractivity contribution in [3.63, 3.8) is 0 Å². The number of nitrogens with zero attached hydrogens (tertiary/aromatic N) is 2. The molecule has 2 unspecified atom stereocenters. The average molecular weight is 700 g/mol. The zero-order valence-electron chi connectivity index (χ0n) is 29.4. The van der Waals surface area contributed by atoms with Gasteiger partial charge in [-0.15, -0.1) is 0 Å². The molecule has 0 radical (unpaired) electrons. The second kappa shape index (κ2) is 17.5. The Labute approximate surface area is 306 Å². The number of hydrogen-bond donors (Lipinski definition) is 3. The zero-order valence-corrected chi connectivity index (χ0v) is 30.1. The Balaban J connectivity index is 1.09. The second-order valence-electron chi connectivity index (χ2n) is 13.6. The minimum absolute atomic E-state index is 0.171. The molecular formula is C43H46ClN5O2. The molecule has 1 aliphatic rings. The van der Waals surface area contributed by atoms with Crippen LogP contribution in [0.15, 0.2) is 114 Å². The molecule has 4 aromatic carbocycles. The van der Waals surface area contributed by atoms with Crippen LogP contribution in [-0.4, -0.2) is 42.5 Å². The highest BCUT2D eigenvalue weighted by Gasteiger charge is 2.23. The van der Waals surface area contributed by atoms with Gasteiger partial charge in [-0.1, -0.05) is 83.9 Å². The number of likely N-dealkylation sites (tertiary alicyclic amines) is 1. The molecule has 7 nitrogen and oxygen atoms in total. The van der Waals surface area contributed by atoms with Gasteiger partial charge in [0.2, 0.25) is 0 Å². The minimum Gasteiger partial charge on any atom is -0.460 e. The van der Waals surface area contributed by atoms with Crippen LogP contribution in [-0.2, 0) is 19.5 Å². The number of nitriles is 1. The van der Waals surface area contributed by atoms with Crippen LogP contribution < -0.4 is 16.0 Å². The number of carbonyl (C=O) groups is 1. The Bertz CT molecular complexity index is 1910. The molecule has 6 rings (SSSR count). The Hall–Kier alpha value is -4.71. The lowest BCUT2D eigenvalue weighted by Crippen LogP contribution is -2.49. The number of furan rings is 1. The fourth-order valence-electron chi connectivity index (χ4n) is 6.59. The molecule has 0 aliphatic carbocycles. The molecule has 2 heterocycles. The van der Waals surface area contributed by atoms with Gasteiger partial charge in [-0.3, -0.25) is 9.69 Å². The van der Waals surface area contributed by atoms with Crippen molar-refractivity contribution in [2.75, 3.05) is 19.6 Å². The zero-order chi connectivity index (χ0) is 35.6. The van der Waals surface area contributed by atoms with Crippen molar-refractivity contribution in [2.45, 2.75) is 64.3 Å². The molecule has 0 bridgehead atoms. The maximum absolute atomic E-state index is 13.8. The van der Waals surface area contributed by atoms with Crippen molar-refractivity contribution in [2.24, 2.45) is 0 Å². The highest BCUT2D eigenvalue weighted by Crippen LogP contribution is 2.28. The Morgan fingerprint density at radius 2 is 1.69 bits per heavy atom. The van der Waals surface area contributed by atoms with E-state index in [-0.39, 0.29) is 18.0 Å². The predicted octanol–water partition coefficient (Wildman–Crippen LogP) is 8.23. The summed E-state index contributed by atoms with van der Waals surface area (Å²) in [7, 11) is 0. The molecule has 51 heavy (non-hydrogen) atoms. The number of nitrogens with one attached hydrogen (secondary N) is 3. The lowest BCUT2D eigenvalue weighted by molar-refractivity contribution is 0.0934. The molecule has 2 atom stereocenters. The van der Waals surface area contributed by atoms with Crippen molar-refractivity contribution in [1.29, 1.82) is 5.26 Å². The first-order chi connectivity index (χ1) is 24.8. The van der Waals surface area contributed by atoms with E-state index in [9.17, 15) is 10.1 Å². The third-order valence-corrected chi connectivity index (χ3v) is 10.0. The number of benzene rings is 4. The topological polar surface area (TPSA) is 93.3 Å². The van der Waals surface area contributed by atoms with Crippen LogP contribution in [0.4, 0.5) is 0 Å². The number of halogens is 1. The number of aryl methyl sites for hydroxylation is 1. The molecule has 1 aliphatic heterocycles. The van der Waals surface area contributed by atoms with Crippen LogP contribution >= 0.6 is 11.6 Å². The van der Waals surface area contributed by atoms with Gasteiger partial charge in [0.05, 0.1) is 28.8 Å². The normalized spacial score (nSPS) is 14.9. The summed E-state index contributed by atoms with van der Waals surface area (Å²) in [6.07, 6.45) is 2.71. The summed E-state index contributed by atoms with van der Waals surface area (Å²) in [5.74, 6) is 1.25. The van der Waals surface area contributed by atoms with Crippen molar-refractivity contribution >= 4 is 17.5 Å². The quantitative estimate of drug-likeness (QED) is 0.108. The smallest absolute Gasteiger partial charge is 0.253 e. The predicted molar refractivity (Wildman–Crippen MR) is 204 cm³/mol. The fourth-order valence-corrected chi connectivity index (χ4v) is 6.79. The standard InChI is InChI=1S/C43H46ClN5O2/c1-30-8-14-35(15-9-30)31(2)46-28-39-17-19-42(51-39)36-16-18-41(44)40(25-36)43(50)48-38(24-32-10-12-33(26-45)13-11-32)27-47-37-20-22-49(23-21-37)29-34-6-4-3-5-7-34/h3-19,25,31,37-38,46-47H,20-24,27-29H2,1-2H3,(H,48,50). The van der Waals surface area contributed by atoms with E-state index >= 15 is 0 Å². The Morgan fingerprint density at radius 1 is 0.941 bits per heavy atom. The van der Waals surface area contributed by atoms with Gasteiger partial charge in [0.15, 0.2) is 0 Å². The third kappa shape index (κ3) is 10.2. The first-order valence-corrected chi connectivity index (χ1v) is 18.2. The van der Waals surface area contributed by atoms with E-state index in [1.165, 1.54) is 16.7 Å². The molecule has 1 fully saturated rings. The molecule has 1 aromatic heterocycles. The van der Waals surface area contributed by atoms with Crippen LogP contribution in [0.5, 0.6) is 0 Å². The molecule has 5 aromatic rings. The van der Waals surface area contributed by atoms with E-state index in [1.807, 2.05) is 42.5 Å². The van der Waals surface area contributed by atoms with Gasteiger partial charge in [0.25, 0.3) is 5.91 Å². The van der Waals surface area contributed by atoms with Crippen LogP contribution in [0.25, 0.3) is 11.3 Å². The summed E-state index contributed by atoms with van der Waals surface area (Å²) in [5.41, 5.74) is 6.64. The SMILES string of the molecule is Cc1ccc(C(C)NCc2ccc(-c3ccc(Cl)c(C(=O)NC(CNC4CCN(Cc5ccccc5)CC4)Cc4ccc(C#N)cc4)c3)o2)cc1. The highest BCUT2D eigenvalue weighted by atomic mass is 35.5. The van der Waals surface area contributed by atoms with Crippen molar-refractivity contribution in [3.8, 4) is 17.4 Å². The van der Waals surface area contributed by atoms with E-state index in [4.69, 9.17) is 16.0 Å². The number of piperidine rings is 1. The van der Waals surface area contributed by atoms with Gasteiger partial charge in [-0.2, -0.15) is 5.26 Å². The van der Waals surface area contributed by atoms with Gasteiger partial charge < -0.3 is 20.4 Å². The van der Waals surface area contributed by atoms with E-state index in [1.54, 1.807) is 12.1 Å². The number of amides is 1. The number of hydrogen-bond acceptors (Lipinski definition) is 6. The largest absolute Gasteiger partial charge is 0.460 e. The van der Waals surface area contributed by atoms with Crippen LogP contribution in [0.3, 0.4) is 0 Å². The van der Waals surface area contributed by atoms with Crippen LogP contribution in [0.2, 0.25) is 5.02 Å². The number of rotatable bonds is 14. The molecule has 8 heteroatoms. The molecule has 3 N–H and O–H groups in total. The molecule has 1 amide bonds. The van der Waals surface area contributed by atoms with E-state index in [2.05, 4.69) is 95.4 Å². The summed E-state index contributed by atoms with van der Waals surface area (Å²) in [4.78, 5) is 16.3. The number of carbonyl (C=O) groups excluding carboxylic acids is 1. The Morgan fingerprint density at radius 3 is 2.41 bits per heavy atom. The maximum Gasteiger partial charge on any atom is 0.253 e. The summed E-state index contributed by atoms with van der Waals surface area (Å²) < 4.78 is 6.20. The minimum atomic E-state index is -0.236. The van der Waals surface area contributed by atoms with Crippen LogP contribution in [0, 0.1) is 18.3 Å². The van der Waals surface area contributed by atoms with E-state index in [0.29, 0.717) is 47.5 Å². The van der Waals surface area contributed by atoms with E-state index in [0.717, 1.165) is 49.4 Å². The molecule has 262 valence electrons. The maximum atomic E-state index is 13.8. The summed E-state index contributed by atoms with van der Waals surface area (Å²) in [6, 6.07) is 38.5. The van der Waals surface area contributed by atoms with Gasteiger partial charge >= 0.3 is 0 Å². The van der Waals surface area contributed by atoms with Gasteiger partial charge in [-0.05, 0) is 105 Å². The summed E-state index contributed by atoms with van der Waals surface area (Å²) >= 11 is 6.63. The van der Waals surface area contributed by atoms with Gasteiger partial charge in [-0.25, -0.2) is 0 Å².